The number of aryl methyl sites for hydroxylation is 1. The van der Waals surface area contributed by atoms with Crippen LogP contribution in [0.15, 0.2) is 22.1 Å². The Labute approximate surface area is 128 Å². The fourth-order valence-electron chi connectivity index (χ4n) is 1.69. The molecule has 18 heavy (non-hydrogen) atoms. The maximum absolute atomic E-state index is 6.19. The number of anilines is 1. The van der Waals surface area contributed by atoms with Crippen LogP contribution >= 0.6 is 50.5 Å². The van der Waals surface area contributed by atoms with E-state index in [9.17, 15) is 0 Å². The third-order valence-electron chi connectivity index (χ3n) is 2.54. The van der Waals surface area contributed by atoms with Crippen molar-refractivity contribution in [3.05, 3.63) is 42.7 Å². The fourth-order valence-corrected chi connectivity index (χ4v) is 3.82. The minimum atomic E-state index is 0.119. The van der Waals surface area contributed by atoms with Crippen LogP contribution in [-0.2, 0) is 0 Å². The predicted octanol–water partition coefficient (Wildman–Crippen LogP) is 5.69. The second-order valence-corrected chi connectivity index (χ2v) is 6.53. The van der Waals surface area contributed by atoms with Gasteiger partial charge in [0, 0.05) is 9.35 Å². The summed E-state index contributed by atoms with van der Waals surface area (Å²) < 4.78 is 0.865. The van der Waals surface area contributed by atoms with E-state index in [1.165, 1.54) is 4.88 Å². The molecule has 2 nitrogen and oxygen atoms in total. The minimum absolute atomic E-state index is 0.119. The first-order valence-electron chi connectivity index (χ1n) is 5.30. The highest BCUT2D eigenvalue weighted by atomic mass is 79.9. The number of thiazole rings is 1. The first kappa shape index (κ1) is 14.1. The van der Waals surface area contributed by atoms with Gasteiger partial charge in [-0.2, -0.15) is 0 Å². The zero-order valence-corrected chi connectivity index (χ0v) is 13.7. The molecule has 0 bridgehead atoms. The molecule has 0 aliphatic carbocycles. The molecule has 96 valence electrons. The topological polar surface area (TPSA) is 24.9 Å². The van der Waals surface area contributed by atoms with Gasteiger partial charge in [0.25, 0.3) is 0 Å². The summed E-state index contributed by atoms with van der Waals surface area (Å²) in [5.74, 6) is 0. The Morgan fingerprint density at radius 3 is 2.44 bits per heavy atom. The van der Waals surface area contributed by atoms with E-state index in [1.54, 1.807) is 11.3 Å². The third-order valence-corrected chi connectivity index (χ3v) is 4.71. The lowest BCUT2D eigenvalue weighted by Gasteiger charge is -2.17. The lowest BCUT2D eigenvalue weighted by atomic mass is 10.2. The number of nitrogens with one attached hydrogen (secondary N) is 1. The highest BCUT2D eigenvalue weighted by molar-refractivity contribution is 9.10. The van der Waals surface area contributed by atoms with Crippen LogP contribution in [-0.4, -0.2) is 4.98 Å². The molecular weight excluding hydrogens is 355 g/mol. The molecule has 1 aromatic carbocycles. The van der Waals surface area contributed by atoms with Crippen molar-refractivity contribution in [2.75, 3.05) is 5.32 Å². The summed E-state index contributed by atoms with van der Waals surface area (Å²) in [6.07, 6.45) is 0. The van der Waals surface area contributed by atoms with Crippen molar-refractivity contribution in [3.63, 3.8) is 0 Å². The summed E-state index contributed by atoms with van der Waals surface area (Å²) in [6.45, 7) is 4.06. The highest BCUT2D eigenvalue weighted by Gasteiger charge is 2.14. The fraction of sp³-hybridized carbons (Fsp3) is 0.250. The zero-order valence-electron chi connectivity index (χ0n) is 9.80. The lowest BCUT2D eigenvalue weighted by Crippen LogP contribution is -2.07. The van der Waals surface area contributed by atoms with Gasteiger partial charge in [0.2, 0.25) is 0 Å². The van der Waals surface area contributed by atoms with Gasteiger partial charge >= 0.3 is 0 Å². The van der Waals surface area contributed by atoms with Gasteiger partial charge in [-0.15, -0.1) is 11.3 Å². The first-order valence-corrected chi connectivity index (χ1v) is 7.73. The molecule has 1 aromatic heterocycles. The Bertz CT molecular complexity index is 548. The van der Waals surface area contributed by atoms with Crippen molar-refractivity contribution in [3.8, 4) is 0 Å². The van der Waals surface area contributed by atoms with E-state index in [4.69, 9.17) is 23.2 Å². The maximum Gasteiger partial charge on any atom is 0.0798 e. The van der Waals surface area contributed by atoms with Crippen molar-refractivity contribution < 1.29 is 0 Å². The standard InChI is InChI=1S/C12H11BrCl2N2S/c1-6-12(18-5-16-6)7(2)17-11-9(14)3-8(13)4-10(11)15/h3-5,7,17H,1-2H3. The molecule has 0 fully saturated rings. The molecule has 1 N–H and O–H groups in total. The van der Waals surface area contributed by atoms with Crippen LogP contribution < -0.4 is 5.32 Å². The molecule has 0 radical (unpaired) electrons. The molecule has 0 saturated carbocycles. The molecule has 0 aliphatic heterocycles. The lowest BCUT2D eigenvalue weighted by molar-refractivity contribution is 0.890. The number of aromatic nitrogens is 1. The van der Waals surface area contributed by atoms with E-state index in [0.29, 0.717) is 10.0 Å². The summed E-state index contributed by atoms with van der Waals surface area (Å²) in [5.41, 5.74) is 3.62. The van der Waals surface area contributed by atoms with E-state index in [1.807, 2.05) is 24.6 Å². The summed E-state index contributed by atoms with van der Waals surface area (Å²) in [4.78, 5) is 5.43. The van der Waals surface area contributed by atoms with Crippen molar-refractivity contribution in [2.45, 2.75) is 19.9 Å². The molecule has 0 saturated heterocycles. The van der Waals surface area contributed by atoms with E-state index >= 15 is 0 Å². The van der Waals surface area contributed by atoms with E-state index in [-0.39, 0.29) is 6.04 Å². The average molecular weight is 366 g/mol. The Morgan fingerprint density at radius 1 is 1.33 bits per heavy atom. The molecular formula is C12H11BrCl2N2S. The van der Waals surface area contributed by atoms with Crippen LogP contribution in [0.25, 0.3) is 0 Å². The largest absolute Gasteiger partial charge is 0.375 e. The maximum atomic E-state index is 6.19. The Morgan fingerprint density at radius 2 is 1.94 bits per heavy atom. The molecule has 6 heteroatoms. The zero-order chi connectivity index (χ0) is 13.3. The second-order valence-electron chi connectivity index (χ2n) is 3.91. The van der Waals surface area contributed by atoms with Gasteiger partial charge < -0.3 is 5.32 Å². The first-order chi connectivity index (χ1) is 8.49. The third kappa shape index (κ3) is 2.99. The summed E-state index contributed by atoms with van der Waals surface area (Å²) in [5, 5.41) is 4.54. The van der Waals surface area contributed by atoms with Crippen LogP contribution in [0.4, 0.5) is 5.69 Å². The average Bonchev–Trinajstić information content (AvgIpc) is 2.69. The quantitative estimate of drug-likeness (QED) is 0.755. The molecule has 0 amide bonds. The molecule has 1 unspecified atom stereocenters. The number of halogens is 3. The van der Waals surface area contributed by atoms with E-state index in [0.717, 1.165) is 15.9 Å². The van der Waals surface area contributed by atoms with Crippen LogP contribution in [0.5, 0.6) is 0 Å². The van der Waals surface area contributed by atoms with Crippen molar-refractivity contribution >= 4 is 56.2 Å². The van der Waals surface area contributed by atoms with Crippen molar-refractivity contribution in [1.29, 1.82) is 0 Å². The summed E-state index contributed by atoms with van der Waals surface area (Å²) in [6, 6.07) is 3.76. The molecule has 0 spiro atoms. The summed E-state index contributed by atoms with van der Waals surface area (Å²) >= 11 is 17.4. The van der Waals surface area contributed by atoms with Crippen molar-refractivity contribution in [2.24, 2.45) is 0 Å². The van der Waals surface area contributed by atoms with Crippen LogP contribution in [0, 0.1) is 6.92 Å². The Kier molecular flexibility index (Phi) is 4.54. The number of rotatable bonds is 3. The second kappa shape index (κ2) is 5.78. The van der Waals surface area contributed by atoms with Gasteiger partial charge in [-0.3, -0.25) is 0 Å². The van der Waals surface area contributed by atoms with Gasteiger partial charge in [0.15, 0.2) is 0 Å². The highest BCUT2D eigenvalue weighted by Crippen LogP contribution is 2.36. The predicted molar refractivity (Wildman–Crippen MR) is 83.1 cm³/mol. The molecule has 1 atom stereocenters. The smallest absolute Gasteiger partial charge is 0.0798 e. The summed E-state index contributed by atoms with van der Waals surface area (Å²) in [7, 11) is 0. The van der Waals surface area contributed by atoms with Gasteiger partial charge in [-0.05, 0) is 26.0 Å². The molecule has 0 aliphatic rings. The molecule has 1 heterocycles. The van der Waals surface area contributed by atoms with Crippen LogP contribution in [0.1, 0.15) is 23.5 Å². The minimum Gasteiger partial charge on any atom is -0.375 e. The van der Waals surface area contributed by atoms with Gasteiger partial charge in [0.05, 0.1) is 33.0 Å². The monoisotopic (exact) mass is 364 g/mol. The number of hydrogen-bond acceptors (Lipinski definition) is 3. The number of nitrogens with zero attached hydrogens (tertiary/aromatic N) is 1. The van der Waals surface area contributed by atoms with Crippen LogP contribution in [0.2, 0.25) is 10.0 Å². The Balaban J connectivity index is 2.27. The molecule has 2 aromatic rings. The van der Waals surface area contributed by atoms with Gasteiger partial charge in [-0.25, -0.2) is 4.98 Å². The van der Waals surface area contributed by atoms with Gasteiger partial charge in [-0.1, -0.05) is 39.1 Å². The molecule has 2 rings (SSSR count). The van der Waals surface area contributed by atoms with E-state index in [2.05, 4.69) is 33.2 Å². The van der Waals surface area contributed by atoms with Crippen molar-refractivity contribution in [1.82, 2.24) is 4.98 Å². The van der Waals surface area contributed by atoms with E-state index < -0.39 is 0 Å². The number of hydrogen-bond donors (Lipinski definition) is 1. The van der Waals surface area contributed by atoms with Crippen LogP contribution in [0.3, 0.4) is 0 Å². The van der Waals surface area contributed by atoms with Gasteiger partial charge in [0.1, 0.15) is 0 Å². The SMILES string of the molecule is Cc1ncsc1C(C)Nc1c(Cl)cc(Br)cc1Cl. The number of benzene rings is 1. The Hall–Kier alpha value is -0.290. The normalized spacial score (nSPS) is 12.5.